The SMILES string of the molecule is CC(C)(C)OC(=O)NCC=Cc1ccc(-c2ccncc2)cc1. The molecule has 4 nitrogen and oxygen atoms in total. The molecule has 2 aromatic rings. The van der Waals surface area contributed by atoms with E-state index in [9.17, 15) is 4.79 Å². The molecule has 0 radical (unpaired) electrons. The number of hydrogen-bond acceptors (Lipinski definition) is 3. The van der Waals surface area contributed by atoms with E-state index in [1.165, 1.54) is 0 Å². The van der Waals surface area contributed by atoms with Gasteiger partial charge in [-0.25, -0.2) is 4.79 Å². The molecule has 0 bridgehead atoms. The second kappa shape index (κ2) is 7.58. The molecule has 0 aliphatic heterocycles. The van der Waals surface area contributed by atoms with Gasteiger partial charge in [-0.3, -0.25) is 4.98 Å². The summed E-state index contributed by atoms with van der Waals surface area (Å²) in [4.78, 5) is 15.5. The van der Waals surface area contributed by atoms with Crippen molar-refractivity contribution in [2.75, 3.05) is 6.54 Å². The van der Waals surface area contributed by atoms with Crippen LogP contribution in [0, 0.1) is 0 Å². The molecular formula is C19H22N2O2. The zero-order valence-electron chi connectivity index (χ0n) is 13.7. The first-order valence-corrected chi connectivity index (χ1v) is 7.58. The van der Waals surface area contributed by atoms with E-state index < -0.39 is 11.7 Å². The number of amides is 1. The van der Waals surface area contributed by atoms with Gasteiger partial charge in [0.15, 0.2) is 0 Å². The van der Waals surface area contributed by atoms with Crippen molar-refractivity contribution in [1.82, 2.24) is 10.3 Å². The standard InChI is InChI=1S/C19H22N2O2/c1-19(2,3)23-18(22)21-12-4-5-15-6-8-16(9-7-15)17-10-13-20-14-11-17/h4-11,13-14H,12H2,1-3H3,(H,21,22). The molecule has 1 N–H and O–H groups in total. The summed E-state index contributed by atoms with van der Waals surface area (Å²) in [7, 11) is 0. The maximum absolute atomic E-state index is 11.5. The summed E-state index contributed by atoms with van der Waals surface area (Å²) in [6.45, 7) is 5.95. The fraction of sp³-hybridized carbons (Fsp3) is 0.263. The monoisotopic (exact) mass is 310 g/mol. The van der Waals surface area contributed by atoms with Crippen molar-refractivity contribution in [1.29, 1.82) is 0 Å². The summed E-state index contributed by atoms with van der Waals surface area (Å²) in [6.07, 6.45) is 7.02. The summed E-state index contributed by atoms with van der Waals surface area (Å²) >= 11 is 0. The molecule has 0 fully saturated rings. The molecule has 0 spiro atoms. The maximum Gasteiger partial charge on any atom is 0.407 e. The van der Waals surface area contributed by atoms with Crippen molar-refractivity contribution >= 4 is 12.2 Å². The minimum absolute atomic E-state index is 0.407. The topological polar surface area (TPSA) is 51.2 Å². The molecule has 0 saturated heterocycles. The van der Waals surface area contributed by atoms with Crippen LogP contribution >= 0.6 is 0 Å². The third-order valence-electron chi connectivity index (χ3n) is 3.00. The van der Waals surface area contributed by atoms with E-state index in [4.69, 9.17) is 4.74 Å². The number of benzene rings is 1. The smallest absolute Gasteiger partial charge is 0.407 e. The Hall–Kier alpha value is -2.62. The average molecular weight is 310 g/mol. The van der Waals surface area contributed by atoms with E-state index >= 15 is 0 Å². The normalized spacial score (nSPS) is 11.4. The molecule has 1 amide bonds. The number of alkyl carbamates (subject to hydrolysis) is 1. The van der Waals surface area contributed by atoms with Crippen molar-refractivity contribution in [3.05, 3.63) is 60.4 Å². The van der Waals surface area contributed by atoms with Crippen LogP contribution in [0.15, 0.2) is 54.9 Å². The van der Waals surface area contributed by atoms with E-state index in [2.05, 4.69) is 22.4 Å². The molecule has 1 aromatic carbocycles. The molecule has 0 saturated carbocycles. The van der Waals surface area contributed by atoms with Gasteiger partial charge in [0.1, 0.15) is 5.60 Å². The predicted molar refractivity (Wildman–Crippen MR) is 92.9 cm³/mol. The number of hydrogen-bond donors (Lipinski definition) is 1. The fourth-order valence-corrected chi connectivity index (χ4v) is 1.98. The maximum atomic E-state index is 11.5. The Balaban J connectivity index is 1.85. The van der Waals surface area contributed by atoms with Gasteiger partial charge in [-0.2, -0.15) is 0 Å². The number of ether oxygens (including phenoxy) is 1. The van der Waals surface area contributed by atoms with Crippen LogP contribution in [0.2, 0.25) is 0 Å². The molecule has 0 aliphatic rings. The fourth-order valence-electron chi connectivity index (χ4n) is 1.98. The lowest BCUT2D eigenvalue weighted by molar-refractivity contribution is 0.0534. The average Bonchev–Trinajstić information content (AvgIpc) is 2.51. The number of nitrogens with zero attached hydrogens (tertiary/aromatic N) is 1. The molecule has 0 unspecified atom stereocenters. The highest BCUT2D eigenvalue weighted by Crippen LogP contribution is 2.19. The van der Waals surface area contributed by atoms with Crippen molar-refractivity contribution in [3.63, 3.8) is 0 Å². The van der Waals surface area contributed by atoms with Crippen molar-refractivity contribution in [2.24, 2.45) is 0 Å². The van der Waals surface area contributed by atoms with Crippen LogP contribution in [0.3, 0.4) is 0 Å². The first kappa shape index (κ1) is 16.7. The van der Waals surface area contributed by atoms with Crippen LogP contribution in [-0.2, 0) is 4.74 Å². The van der Waals surface area contributed by atoms with Crippen LogP contribution in [0.25, 0.3) is 17.2 Å². The number of nitrogens with one attached hydrogen (secondary N) is 1. The van der Waals surface area contributed by atoms with Crippen molar-refractivity contribution < 1.29 is 9.53 Å². The summed E-state index contributed by atoms with van der Waals surface area (Å²) in [6, 6.07) is 12.2. The Morgan fingerprint density at radius 1 is 1.09 bits per heavy atom. The van der Waals surface area contributed by atoms with Gasteiger partial charge in [0.05, 0.1) is 0 Å². The number of carbonyl (C=O) groups excluding carboxylic acids is 1. The van der Waals surface area contributed by atoms with Crippen LogP contribution < -0.4 is 5.32 Å². The summed E-state index contributed by atoms with van der Waals surface area (Å²) in [5.74, 6) is 0. The molecule has 0 atom stereocenters. The molecule has 4 heteroatoms. The van der Waals surface area contributed by atoms with Crippen molar-refractivity contribution in [2.45, 2.75) is 26.4 Å². The third kappa shape index (κ3) is 5.94. The Bertz CT molecular complexity index is 656. The highest BCUT2D eigenvalue weighted by Gasteiger charge is 2.14. The number of aromatic nitrogens is 1. The Morgan fingerprint density at radius 2 is 1.70 bits per heavy atom. The van der Waals surface area contributed by atoms with Gasteiger partial charge in [0, 0.05) is 18.9 Å². The first-order valence-electron chi connectivity index (χ1n) is 7.58. The van der Waals surface area contributed by atoms with E-state index in [0.717, 1.165) is 16.7 Å². The van der Waals surface area contributed by atoms with Gasteiger partial charge in [-0.05, 0) is 49.6 Å². The van der Waals surface area contributed by atoms with Crippen molar-refractivity contribution in [3.8, 4) is 11.1 Å². The number of rotatable bonds is 4. The van der Waals surface area contributed by atoms with Crippen LogP contribution in [-0.4, -0.2) is 23.2 Å². The van der Waals surface area contributed by atoms with Gasteiger partial charge < -0.3 is 10.1 Å². The quantitative estimate of drug-likeness (QED) is 0.916. The van der Waals surface area contributed by atoms with Crippen LogP contribution in [0.1, 0.15) is 26.3 Å². The molecule has 1 aromatic heterocycles. The second-order valence-corrected chi connectivity index (χ2v) is 6.14. The number of carbonyl (C=O) groups is 1. The molecule has 23 heavy (non-hydrogen) atoms. The van der Waals surface area contributed by atoms with Crippen LogP contribution in [0.5, 0.6) is 0 Å². The summed E-state index contributed by atoms with van der Waals surface area (Å²) < 4.78 is 5.17. The van der Waals surface area contributed by atoms with E-state index in [1.54, 1.807) is 12.4 Å². The van der Waals surface area contributed by atoms with Gasteiger partial charge in [0.2, 0.25) is 0 Å². The molecule has 2 rings (SSSR count). The molecule has 1 heterocycles. The highest BCUT2D eigenvalue weighted by atomic mass is 16.6. The molecule has 120 valence electrons. The lowest BCUT2D eigenvalue weighted by Crippen LogP contribution is -2.32. The molecule has 0 aliphatic carbocycles. The Morgan fingerprint density at radius 3 is 2.30 bits per heavy atom. The third-order valence-corrected chi connectivity index (χ3v) is 3.00. The lowest BCUT2D eigenvalue weighted by Gasteiger charge is -2.19. The highest BCUT2D eigenvalue weighted by molar-refractivity contribution is 5.68. The summed E-state index contributed by atoms with van der Waals surface area (Å²) in [5.41, 5.74) is 2.89. The van der Waals surface area contributed by atoms with E-state index in [1.807, 2.05) is 57.2 Å². The zero-order chi connectivity index (χ0) is 16.7. The Kier molecular flexibility index (Phi) is 5.52. The zero-order valence-corrected chi connectivity index (χ0v) is 13.7. The second-order valence-electron chi connectivity index (χ2n) is 6.14. The minimum atomic E-state index is -0.476. The van der Waals surface area contributed by atoms with E-state index in [0.29, 0.717) is 6.54 Å². The molecular weight excluding hydrogens is 288 g/mol. The largest absolute Gasteiger partial charge is 0.444 e. The van der Waals surface area contributed by atoms with Crippen LogP contribution in [0.4, 0.5) is 4.79 Å². The van der Waals surface area contributed by atoms with Gasteiger partial charge >= 0.3 is 6.09 Å². The summed E-state index contributed by atoms with van der Waals surface area (Å²) in [5, 5.41) is 2.69. The minimum Gasteiger partial charge on any atom is -0.444 e. The van der Waals surface area contributed by atoms with E-state index in [-0.39, 0.29) is 0 Å². The van der Waals surface area contributed by atoms with Gasteiger partial charge in [-0.1, -0.05) is 36.4 Å². The van der Waals surface area contributed by atoms with Gasteiger partial charge in [0.25, 0.3) is 0 Å². The van der Waals surface area contributed by atoms with Gasteiger partial charge in [-0.15, -0.1) is 0 Å². The first-order chi connectivity index (χ1) is 10.9. The predicted octanol–water partition coefficient (Wildman–Crippen LogP) is 4.29. The number of pyridine rings is 1. The Labute approximate surface area is 137 Å². The lowest BCUT2D eigenvalue weighted by atomic mass is 10.1.